The molecule has 1 aliphatic heterocycles. The molecule has 3 rings (SSSR count). The molecule has 1 saturated heterocycles. The standard InChI is InChI=1S/C22H30N2O6S2/c1-4-5-6-18-7-10-20(11-8-18)31(25,26)23-13-15-24(16-14-23)32(27,28)22-12-9-19(29-2)17-21(22)30-3/h7-12,17H,4-6,13-16H2,1-3H3. The normalized spacial score (nSPS) is 16.1. The van der Waals surface area contributed by atoms with E-state index < -0.39 is 20.0 Å². The third-order valence-corrected chi connectivity index (χ3v) is 9.42. The first-order valence-electron chi connectivity index (χ1n) is 10.5. The van der Waals surface area contributed by atoms with Gasteiger partial charge < -0.3 is 9.47 Å². The number of aryl methyl sites for hydroxylation is 1. The number of rotatable bonds is 9. The van der Waals surface area contributed by atoms with Gasteiger partial charge in [-0.1, -0.05) is 25.5 Å². The number of benzene rings is 2. The van der Waals surface area contributed by atoms with Crippen molar-refractivity contribution >= 4 is 20.0 Å². The smallest absolute Gasteiger partial charge is 0.246 e. The van der Waals surface area contributed by atoms with Gasteiger partial charge in [0.2, 0.25) is 20.0 Å². The molecule has 0 aliphatic carbocycles. The summed E-state index contributed by atoms with van der Waals surface area (Å²) in [6, 6.07) is 11.5. The van der Waals surface area contributed by atoms with E-state index in [4.69, 9.17) is 9.47 Å². The molecule has 10 heteroatoms. The summed E-state index contributed by atoms with van der Waals surface area (Å²) < 4.78 is 65.4. The number of sulfonamides is 2. The van der Waals surface area contributed by atoms with Gasteiger partial charge in [-0.05, 0) is 42.7 Å². The third kappa shape index (κ3) is 5.09. The molecule has 176 valence electrons. The highest BCUT2D eigenvalue weighted by molar-refractivity contribution is 7.89. The zero-order valence-corrected chi connectivity index (χ0v) is 20.3. The minimum atomic E-state index is -3.85. The SMILES string of the molecule is CCCCc1ccc(S(=O)(=O)N2CCN(S(=O)(=O)c3ccc(OC)cc3OC)CC2)cc1. The van der Waals surface area contributed by atoms with E-state index in [0.717, 1.165) is 24.8 Å². The summed E-state index contributed by atoms with van der Waals surface area (Å²) in [6.07, 6.45) is 3.05. The van der Waals surface area contributed by atoms with Crippen molar-refractivity contribution < 1.29 is 26.3 Å². The van der Waals surface area contributed by atoms with Crippen LogP contribution in [0, 0.1) is 0 Å². The van der Waals surface area contributed by atoms with Crippen LogP contribution in [0.1, 0.15) is 25.3 Å². The van der Waals surface area contributed by atoms with Crippen LogP contribution >= 0.6 is 0 Å². The average Bonchev–Trinajstić information content (AvgIpc) is 2.82. The highest BCUT2D eigenvalue weighted by atomic mass is 32.2. The lowest BCUT2D eigenvalue weighted by atomic mass is 10.1. The Morgan fingerprint density at radius 1 is 0.812 bits per heavy atom. The quantitative estimate of drug-likeness (QED) is 0.546. The second-order valence-corrected chi connectivity index (χ2v) is 11.4. The fourth-order valence-corrected chi connectivity index (χ4v) is 6.62. The zero-order valence-electron chi connectivity index (χ0n) is 18.7. The Bertz CT molecular complexity index is 1120. The van der Waals surface area contributed by atoms with Crippen LogP contribution in [0.3, 0.4) is 0 Å². The molecule has 0 aromatic heterocycles. The van der Waals surface area contributed by atoms with E-state index in [0.29, 0.717) is 5.75 Å². The van der Waals surface area contributed by atoms with E-state index in [9.17, 15) is 16.8 Å². The molecule has 0 atom stereocenters. The number of hydrogen-bond acceptors (Lipinski definition) is 6. The van der Waals surface area contributed by atoms with Crippen LogP contribution < -0.4 is 9.47 Å². The number of ether oxygens (including phenoxy) is 2. The molecule has 0 bridgehead atoms. The van der Waals surface area contributed by atoms with Gasteiger partial charge in [-0.3, -0.25) is 0 Å². The molecule has 0 unspecified atom stereocenters. The number of nitrogens with zero attached hydrogens (tertiary/aromatic N) is 2. The van der Waals surface area contributed by atoms with Crippen LogP contribution in [0.25, 0.3) is 0 Å². The lowest BCUT2D eigenvalue weighted by molar-refractivity contribution is 0.272. The summed E-state index contributed by atoms with van der Waals surface area (Å²) in [5.41, 5.74) is 1.11. The fraction of sp³-hybridized carbons (Fsp3) is 0.455. The van der Waals surface area contributed by atoms with Crippen molar-refractivity contribution in [2.45, 2.75) is 36.0 Å². The molecule has 1 aliphatic rings. The van der Waals surface area contributed by atoms with E-state index >= 15 is 0 Å². The third-order valence-electron chi connectivity index (χ3n) is 5.57. The van der Waals surface area contributed by atoms with Gasteiger partial charge >= 0.3 is 0 Å². The molecule has 0 amide bonds. The molecular formula is C22H30N2O6S2. The second kappa shape index (κ2) is 10.2. The maximum atomic E-state index is 13.2. The largest absolute Gasteiger partial charge is 0.497 e. The molecule has 1 heterocycles. The predicted octanol–water partition coefficient (Wildman–Crippen LogP) is 2.74. The van der Waals surface area contributed by atoms with E-state index in [1.165, 1.54) is 35.0 Å². The van der Waals surface area contributed by atoms with Crippen molar-refractivity contribution in [1.29, 1.82) is 0 Å². The molecule has 1 fully saturated rings. The first kappa shape index (κ1) is 24.5. The molecule has 0 radical (unpaired) electrons. The molecule has 32 heavy (non-hydrogen) atoms. The first-order chi connectivity index (χ1) is 15.2. The van der Waals surface area contributed by atoms with Gasteiger partial charge in [0.05, 0.1) is 19.1 Å². The van der Waals surface area contributed by atoms with Crippen LogP contribution in [0.5, 0.6) is 11.5 Å². The summed E-state index contributed by atoms with van der Waals surface area (Å²) in [5.74, 6) is 0.667. The van der Waals surface area contributed by atoms with Gasteiger partial charge in [0.15, 0.2) is 0 Å². The Morgan fingerprint density at radius 2 is 1.41 bits per heavy atom. The number of methoxy groups -OCH3 is 2. The topological polar surface area (TPSA) is 93.2 Å². The molecular weight excluding hydrogens is 452 g/mol. The van der Waals surface area contributed by atoms with E-state index in [2.05, 4.69) is 6.92 Å². The van der Waals surface area contributed by atoms with E-state index in [-0.39, 0.29) is 41.7 Å². The van der Waals surface area contributed by atoms with Crippen molar-refractivity contribution in [2.24, 2.45) is 0 Å². The number of hydrogen-bond donors (Lipinski definition) is 0. The highest BCUT2D eigenvalue weighted by Crippen LogP contribution is 2.31. The van der Waals surface area contributed by atoms with Crippen molar-refractivity contribution in [3.05, 3.63) is 48.0 Å². The highest BCUT2D eigenvalue weighted by Gasteiger charge is 2.35. The molecule has 2 aromatic carbocycles. The minimum absolute atomic E-state index is 0.0276. The average molecular weight is 483 g/mol. The maximum absolute atomic E-state index is 13.2. The van der Waals surface area contributed by atoms with Gasteiger partial charge in [0, 0.05) is 32.2 Å². The predicted molar refractivity (Wildman–Crippen MR) is 122 cm³/mol. The van der Waals surface area contributed by atoms with Crippen LogP contribution in [0.15, 0.2) is 52.3 Å². The number of piperazine rings is 1. The lowest BCUT2D eigenvalue weighted by Gasteiger charge is -2.33. The molecule has 0 N–H and O–H groups in total. The lowest BCUT2D eigenvalue weighted by Crippen LogP contribution is -2.50. The molecule has 0 saturated carbocycles. The minimum Gasteiger partial charge on any atom is -0.497 e. The Hall–Kier alpha value is -2.14. The van der Waals surface area contributed by atoms with Gasteiger partial charge in [0.25, 0.3) is 0 Å². The van der Waals surface area contributed by atoms with Gasteiger partial charge in [-0.15, -0.1) is 0 Å². The van der Waals surface area contributed by atoms with Crippen LogP contribution in [0.2, 0.25) is 0 Å². The van der Waals surface area contributed by atoms with Gasteiger partial charge in [-0.2, -0.15) is 8.61 Å². The summed E-state index contributed by atoms with van der Waals surface area (Å²) >= 11 is 0. The second-order valence-electron chi connectivity index (χ2n) is 7.57. The Labute approximate surface area is 190 Å². The molecule has 0 spiro atoms. The maximum Gasteiger partial charge on any atom is 0.246 e. The summed E-state index contributed by atoms with van der Waals surface area (Å²) in [5, 5.41) is 0. The van der Waals surface area contributed by atoms with Gasteiger partial charge in [-0.25, -0.2) is 16.8 Å². The zero-order chi connectivity index (χ0) is 23.4. The van der Waals surface area contributed by atoms with Crippen molar-refractivity contribution in [1.82, 2.24) is 8.61 Å². The van der Waals surface area contributed by atoms with Crippen LogP contribution in [-0.4, -0.2) is 65.8 Å². The molecule has 2 aromatic rings. The Kier molecular flexibility index (Phi) is 7.81. The Morgan fingerprint density at radius 3 is 1.94 bits per heavy atom. The Balaban J connectivity index is 1.72. The first-order valence-corrected chi connectivity index (χ1v) is 13.4. The van der Waals surface area contributed by atoms with E-state index in [1.54, 1.807) is 18.2 Å². The summed E-state index contributed by atoms with van der Waals surface area (Å²) in [7, 11) is -4.65. The monoisotopic (exact) mass is 482 g/mol. The summed E-state index contributed by atoms with van der Waals surface area (Å²) in [4.78, 5) is 0.255. The van der Waals surface area contributed by atoms with Crippen LogP contribution in [-0.2, 0) is 26.5 Å². The number of unbranched alkanes of at least 4 members (excludes halogenated alkanes) is 1. The van der Waals surface area contributed by atoms with E-state index in [1.807, 2.05) is 12.1 Å². The van der Waals surface area contributed by atoms with Crippen molar-refractivity contribution in [2.75, 3.05) is 40.4 Å². The van der Waals surface area contributed by atoms with Gasteiger partial charge in [0.1, 0.15) is 16.4 Å². The molecule has 8 nitrogen and oxygen atoms in total. The summed E-state index contributed by atoms with van der Waals surface area (Å²) in [6.45, 7) is 2.40. The fourth-order valence-electron chi connectivity index (χ4n) is 3.64. The van der Waals surface area contributed by atoms with Crippen LogP contribution in [0.4, 0.5) is 0 Å². The van der Waals surface area contributed by atoms with Crippen molar-refractivity contribution in [3.8, 4) is 11.5 Å². The van der Waals surface area contributed by atoms with Crippen molar-refractivity contribution in [3.63, 3.8) is 0 Å².